The maximum Gasteiger partial charge on any atom is 0.112 e. The summed E-state index contributed by atoms with van der Waals surface area (Å²) >= 11 is 2.12. The Bertz CT molecular complexity index is 2570. The van der Waals surface area contributed by atoms with Crippen molar-refractivity contribution in [3.63, 3.8) is 0 Å². The van der Waals surface area contributed by atoms with Gasteiger partial charge in [-0.1, -0.05) is 115 Å². The Morgan fingerprint density at radius 1 is 0.754 bits per heavy atom. The minimum atomic E-state index is 0.274. The van der Waals surface area contributed by atoms with Crippen LogP contribution in [0.3, 0.4) is 0 Å². The van der Waals surface area contributed by atoms with Crippen LogP contribution < -0.4 is 15.9 Å². The van der Waals surface area contributed by atoms with Gasteiger partial charge < -0.3 is 10.2 Å². The van der Waals surface area contributed by atoms with Gasteiger partial charge in [0, 0.05) is 50.1 Å². The van der Waals surface area contributed by atoms with E-state index in [0.717, 1.165) is 32.1 Å². The van der Waals surface area contributed by atoms with Gasteiger partial charge in [0.05, 0.1) is 29.0 Å². The standard InChI is InChI=1S/C53H53N3S/c1-3-13-34(14-4-1)38-31-46(35-15-5-2-6-16-35)54-53(32-38)56-48-21-11-8-18-41(48)44-30-37(24-27-50(44)56)36-23-26-49-43(29-36)40-17-7-10-20-47(40)55(49)39-25-28-52-45(33-39)42-19-9-12-22-51(42)57-52/h3,5,8,10-15,18,20-23,26-33,35,37,39,42-43,46,49,51,54H,1-2,4,6-7,9,16-17,19,24-25H2. The molecule has 4 heteroatoms. The van der Waals surface area contributed by atoms with Crippen molar-refractivity contribution in [2.75, 3.05) is 0 Å². The number of para-hydroxylation sites is 1. The van der Waals surface area contributed by atoms with Crippen LogP contribution in [0.25, 0.3) is 28.9 Å². The van der Waals surface area contributed by atoms with Crippen LogP contribution in [0.4, 0.5) is 0 Å². The van der Waals surface area contributed by atoms with Crippen molar-refractivity contribution < 1.29 is 0 Å². The Morgan fingerprint density at radius 2 is 1.70 bits per heavy atom. The molecule has 4 heterocycles. The van der Waals surface area contributed by atoms with Crippen molar-refractivity contribution in [1.82, 2.24) is 14.8 Å². The molecule has 1 aromatic carbocycles. The zero-order valence-electron chi connectivity index (χ0n) is 32.9. The Hall–Kier alpha value is -4.67. The molecule has 12 rings (SSSR count). The fourth-order valence-electron chi connectivity index (χ4n) is 11.9. The lowest BCUT2D eigenvalue weighted by Gasteiger charge is -2.38. The van der Waals surface area contributed by atoms with Crippen molar-refractivity contribution in [3.05, 3.63) is 171 Å². The molecular formula is C53H53N3S. The topological polar surface area (TPSA) is 20.2 Å². The molecular weight excluding hydrogens is 711 g/mol. The Kier molecular flexibility index (Phi) is 8.45. The largest absolute Gasteiger partial charge is 0.364 e. The quantitative estimate of drug-likeness (QED) is 0.306. The van der Waals surface area contributed by atoms with Gasteiger partial charge in [0.15, 0.2) is 0 Å². The summed E-state index contributed by atoms with van der Waals surface area (Å²) in [5.74, 6) is 3.21. The van der Waals surface area contributed by atoms with E-state index in [4.69, 9.17) is 0 Å². The van der Waals surface area contributed by atoms with Crippen LogP contribution >= 0.6 is 11.8 Å². The Labute approximate surface area is 342 Å². The zero-order valence-corrected chi connectivity index (χ0v) is 33.7. The van der Waals surface area contributed by atoms with E-state index in [0.29, 0.717) is 41.0 Å². The van der Waals surface area contributed by atoms with Crippen LogP contribution in [-0.4, -0.2) is 32.8 Å². The predicted octanol–water partition coefficient (Wildman–Crippen LogP) is 10.6. The number of benzene rings is 1. The van der Waals surface area contributed by atoms with Crippen LogP contribution in [0.2, 0.25) is 0 Å². The highest BCUT2D eigenvalue weighted by Crippen LogP contribution is 2.53. The zero-order chi connectivity index (χ0) is 37.5. The SMILES string of the molecule is C1=CC(C2=CC(C3C=CCCC3)NC(n3c4c(c5ccccc53)=CC(C3=CC5C6=C(C=CCC6)N(C6C=C7C(=CC6)SC6C=CCCC76)C5C=C3)CC=4)=C2)=CCC1. The van der Waals surface area contributed by atoms with Crippen molar-refractivity contribution in [3.8, 4) is 0 Å². The first-order valence-corrected chi connectivity index (χ1v) is 23.0. The van der Waals surface area contributed by atoms with Gasteiger partial charge in [0.2, 0.25) is 0 Å². The molecule has 0 radical (unpaired) electrons. The number of nitrogens with zero attached hydrogens (tertiary/aromatic N) is 2. The molecule has 57 heavy (non-hydrogen) atoms. The van der Waals surface area contributed by atoms with E-state index >= 15 is 0 Å². The predicted molar refractivity (Wildman–Crippen MR) is 240 cm³/mol. The molecule has 0 spiro atoms. The van der Waals surface area contributed by atoms with Crippen molar-refractivity contribution in [2.45, 2.75) is 94.0 Å². The highest BCUT2D eigenvalue weighted by Gasteiger charge is 2.44. The van der Waals surface area contributed by atoms with E-state index in [1.54, 1.807) is 16.1 Å². The van der Waals surface area contributed by atoms with Crippen molar-refractivity contribution in [2.24, 2.45) is 23.7 Å². The summed E-state index contributed by atoms with van der Waals surface area (Å²) in [6, 6.07) is 10.2. The summed E-state index contributed by atoms with van der Waals surface area (Å²) in [6.07, 6.45) is 57.9. The third kappa shape index (κ3) is 5.75. The molecule has 1 aromatic heterocycles. The van der Waals surface area contributed by atoms with E-state index < -0.39 is 0 Å². The number of hydrogen-bond acceptors (Lipinski definition) is 3. The first kappa shape index (κ1) is 34.4. The van der Waals surface area contributed by atoms with E-state index in [1.807, 2.05) is 0 Å². The number of thioether (sulfide) groups is 1. The molecule has 8 atom stereocenters. The normalized spacial score (nSPS) is 33.4. The molecule has 3 aliphatic heterocycles. The first-order valence-electron chi connectivity index (χ1n) is 22.1. The van der Waals surface area contributed by atoms with Crippen LogP contribution in [0.1, 0.15) is 70.6 Å². The second kappa shape index (κ2) is 14.0. The van der Waals surface area contributed by atoms with E-state index in [9.17, 15) is 0 Å². The lowest BCUT2D eigenvalue weighted by atomic mass is 9.80. The van der Waals surface area contributed by atoms with Gasteiger partial charge in [0.1, 0.15) is 5.82 Å². The minimum absolute atomic E-state index is 0.274. The van der Waals surface area contributed by atoms with Crippen LogP contribution in [-0.2, 0) is 0 Å². The number of rotatable bonds is 5. The van der Waals surface area contributed by atoms with Crippen molar-refractivity contribution in [1.29, 1.82) is 0 Å². The van der Waals surface area contributed by atoms with E-state index in [2.05, 4.69) is 160 Å². The van der Waals surface area contributed by atoms with Gasteiger partial charge in [-0.2, -0.15) is 0 Å². The molecule has 3 nitrogen and oxygen atoms in total. The smallest absolute Gasteiger partial charge is 0.112 e. The lowest BCUT2D eigenvalue weighted by molar-refractivity contribution is 0.254. The van der Waals surface area contributed by atoms with Gasteiger partial charge in [-0.3, -0.25) is 4.57 Å². The molecule has 0 bridgehead atoms. The van der Waals surface area contributed by atoms with Crippen LogP contribution in [0, 0.1) is 23.7 Å². The summed E-state index contributed by atoms with van der Waals surface area (Å²) in [5, 5.41) is 8.80. The van der Waals surface area contributed by atoms with Gasteiger partial charge in [-0.05, 0) is 117 Å². The van der Waals surface area contributed by atoms with E-state index in [1.165, 1.54) is 88.2 Å². The number of allylic oxidation sites excluding steroid dienone is 13. The molecule has 8 unspecified atom stereocenters. The number of nitrogens with one attached hydrogen (secondary N) is 1. The summed E-state index contributed by atoms with van der Waals surface area (Å²) in [6.45, 7) is 0. The van der Waals surface area contributed by atoms with Gasteiger partial charge >= 0.3 is 0 Å². The van der Waals surface area contributed by atoms with Gasteiger partial charge in [-0.25, -0.2) is 0 Å². The molecule has 1 fully saturated rings. The van der Waals surface area contributed by atoms with Gasteiger partial charge in [0.25, 0.3) is 0 Å². The second-order valence-corrected chi connectivity index (χ2v) is 19.1. The average molecular weight is 764 g/mol. The lowest BCUT2D eigenvalue weighted by Crippen LogP contribution is -2.42. The molecule has 1 N–H and O–H groups in total. The first-order chi connectivity index (χ1) is 28.2. The Balaban J connectivity index is 0.892. The monoisotopic (exact) mass is 763 g/mol. The maximum absolute atomic E-state index is 4.08. The minimum Gasteiger partial charge on any atom is -0.364 e. The summed E-state index contributed by atoms with van der Waals surface area (Å²) in [4.78, 5) is 4.39. The molecule has 0 saturated carbocycles. The number of aromatic nitrogens is 1. The molecule has 10 aliphatic rings. The van der Waals surface area contributed by atoms with Crippen molar-refractivity contribution >= 4 is 40.6 Å². The molecule has 1 saturated heterocycles. The fourth-order valence-corrected chi connectivity index (χ4v) is 13.3. The summed E-state index contributed by atoms with van der Waals surface area (Å²) in [5.41, 5.74) is 10.3. The number of hydrogen-bond donors (Lipinski definition) is 1. The highest BCUT2D eigenvalue weighted by molar-refractivity contribution is 8.04. The third-order valence-corrected chi connectivity index (χ3v) is 16.0. The summed E-state index contributed by atoms with van der Waals surface area (Å²) in [7, 11) is 0. The van der Waals surface area contributed by atoms with Gasteiger partial charge in [-0.15, -0.1) is 11.8 Å². The third-order valence-electron chi connectivity index (χ3n) is 14.6. The Morgan fingerprint density at radius 3 is 2.63 bits per heavy atom. The summed E-state index contributed by atoms with van der Waals surface area (Å²) < 4.78 is 2.55. The maximum atomic E-state index is 4.08. The number of dihydropyridines is 1. The number of fused-ring (bicyclic) bond motifs is 8. The van der Waals surface area contributed by atoms with Crippen LogP contribution in [0.15, 0.2) is 160 Å². The molecule has 286 valence electrons. The molecule has 0 amide bonds. The highest BCUT2D eigenvalue weighted by atomic mass is 32.2. The fraction of sp³-hybridized carbons (Fsp3) is 0.358. The average Bonchev–Trinajstić information content (AvgIpc) is 3.94. The second-order valence-electron chi connectivity index (χ2n) is 17.8. The van der Waals surface area contributed by atoms with Crippen LogP contribution in [0.5, 0.6) is 0 Å². The molecule has 2 aromatic rings. The molecule has 7 aliphatic carbocycles. The van der Waals surface area contributed by atoms with E-state index in [-0.39, 0.29) is 6.04 Å².